The maximum Gasteiger partial charge on any atom is 0.308 e. The third-order valence-electron chi connectivity index (χ3n) is 2.31. The van der Waals surface area contributed by atoms with Gasteiger partial charge in [-0.2, -0.15) is 0 Å². The number of esters is 1. The summed E-state index contributed by atoms with van der Waals surface area (Å²) >= 11 is 0. The van der Waals surface area contributed by atoms with E-state index in [4.69, 9.17) is 4.74 Å². The molecule has 0 aromatic rings. The minimum Gasteiger partial charge on any atom is -0.465 e. The van der Waals surface area contributed by atoms with Crippen molar-refractivity contribution in [2.45, 2.75) is 41.0 Å². The topological polar surface area (TPSA) is 26.3 Å². The smallest absolute Gasteiger partial charge is 0.308 e. The van der Waals surface area contributed by atoms with E-state index in [1.165, 1.54) is 0 Å². The van der Waals surface area contributed by atoms with Crippen LogP contribution in [0.1, 0.15) is 41.0 Å². The molecule has 0 amide bonds. The van der Waals surface area contributed by atoms with Gasteiger partial charge in [0, 0.05) is 0 Å². The number of carbonyl (C=O) groups is 1. The highest BCUT2D eigenvalue weighted by molar-refractivity contribution is 5.72. The number of hydrogen-bond acceptors (Lipinski definition) is 2. The van der Waals surface area contributed by atoms with E-state index in [1.807, 2.05) is 20.8 Å². The van der Waals surface area contributed by atoms with Crippen LogP contribution in [0.4, 0.5) is 0 Å². The molecule has 0 saturated heterocycles. The second-order valence-electron chi connectivity index (χ2n) is 4.38. The van der Waals surface area contributed by atoms with Crippen LogP contribution in [-0.4, -0.2) is 12.6 Å². The molecule has 13 heavy (non-hydrogen) atoms. The van der Waals surface area contributed by atoms with Crippen molar-refractivity contribution in [3.05, 3.63) is 0 Å². The van der Waals surface area contributed by atoms with Crippen LogP contribution in [0, 0.1) is 17.8 Å². The van der Waals surface area contributed by atoms with Gasteiger partial charge in [-0.05, 0) is 18.3 Å². The number of carbonyl (C=O) groups excluding carboxylic acids is 1. The molecule has 0 saturated carbocycles. The van der Waals surface area contributed by atoms with Crippen LogP contribution in [0.5, 0.6) is 0 Å². The highest BCUT2D eigenvalue weighted by Gasteiger charge is 2.17. The van der Waals surface area contributed by atoms with Crippen molar-refractivity contribution in [2.75, 3.05) is 6.61 Å². The summed E-state index contributed by atoms with van der Waals surface area (Å²) in [6.07, 6.45) is 0.955. The molecular weight excluding hydrogens is 164 g/mol. The first-order valence-electron chi connectivity index (χ1n) is 5.11. The summed E-state index contributed by atoms with van der Waals surface area (Å²) < 4.78 is 5.14. The molecule has 0 heterocycles. The number of ether oxygens (including phenoxy) is 1. The van der Waals surface area contributed by atoms with Crippen LogP contribution in [0.3, 0.4) is 0 Å². The molecule has 0 spiro atoms. The fraction of sp³-hybridized carbons (Fsp3) is 0.909. The molecule has 0 aliphatic heterocycles. The maximum atomic E-state index is 11.3. The molecule has 0 fully saturated rings. The Bertz CT molecular complexity index is 150. The predicted molar refractivity (Wildman–Crippen MR) is 54.4 cm³/mol. The molecule has 2 heteroatoms. The van der Waals surface area contributed by atoms with E-state index in [0.29, 0.717) is 18.4 Å². The van der Waals surface area contributed by atoms with Crippen molar-refractivity contribution in [3.63, 3.8) is 0 Å². The summed E-state index contributed by atoms with van der Waals surface area (Å²) in [7, 11) is 0. The molecule has 0 bridgehead atoms. The van der Waals surface area contributed by atoms with Gasteiger partial charge in [-0.1, -0.05) is 34.6 Å². The predicted octanol–water partition coefficient (Wildman–Crippen LogP) is 2.87. The lowest BCUT2D eigenvalue weighted by Gasteiger charge is -2.14. The lowest BCUT2D eigenvalue weighted by atomic mass is 9.99. The second-order valence-corrected chi connectivity index (χ2v) is 4.38. The van der Waals surface area contributed by atoms with Crippen molar-refractivity contribution in [1.82, 2.24) is 0 Å². The van der Waals surface area contributed by atoms with Gasteiger partial charge in [0.15, 0.2) is 0 Å². The first-order chi connectivity index (χ1) is 5.95. The summed E-state index contributed by atoms with van der Waals surface area (Å²) in [5.41, 5.74) is 0. The van der Waals surface area contributed by atoms with E-state index in [0.717, 1.165) is 6.42 Å². The molecule has 0 radical (unpaired) electrons. The van der Waals surface area contributed by atoms with Crippen LogP contribution in [0.2, 0.25) is 0 Å². The molecule has 0 N–H and O–H groups in total. The van der Waals surface area contributed by atoms with E-state index in [-0.39, 0.29) is 11.9 Å². The molecule has 2 nitrogen and oxygen atoms in total. The lowest BCUT2D eigenvalue weighted by molar-refractivity contribution is -0.149. The Labute approximate surface area is 81.7 Å². The summed E-state index contributed by atoms with van der Waals surface area (Å²) in [6.45, 7) is 10.8. The zero-order chi connectivity index (χ0) is 10.4. The fourth-order valence-electron chi connectivity index (χ4n) is 0.799. The van der Waals surface area contributed by atoms with Crippen LogP contribution >= 0.6 is 0 Å². The minimum absolute atomic E-state index is 0.0205. The first kappa shape index (κ1) is 12.5. The molecule has 1 atom stereocenters. The third-order valence-corrected chi connectivity index (χ3v) is 2.31. The van der Waals surface area contributed by atoms with Crippen LogP contribution < -0.4 is 0 Å². The minimum atomic E-state index is -0.0596. The molecule has 0 aliphatic rings. The van der Waals surface area contributed by atoms with Crippen molar-refractivity contribution in [2.24, 2.45) is 17.8 Å². The highest BCUT2D eigenvalue weighted by Crippen LogP contribution is 2.11. The lowest BCUT2D eigenvalue weighted by Crippen LogP contribution is -2.20. The average molecular weight is 186 g/mol. The standard InChI is InChI=1S/C11H22O2/c1-8(2)6-7-13-11(12)10(5)9(3)4/h8-10H,6-7H2,1-5H3. The SMILES string of the molecule is CC(C)CCOC(=O)C(C)C(C)C. The normalized spacial score (nSPS) is 13.5. The van der Waals surface area contributed by atoms with Crippen LogP contribution in [-0.2, 0) is 9.53 Å². The van der Waals surface area contributed by atoms with Gasteiger partial charge < -0.3 is 4.74 Å². The van der Waals surface area contributed by atoms with E-state index in [2.05, 4.69) is 13.8 Å². The Hall–Kier alpha value is -0.530. The Morgan fingerprint density at radius 1 is 1.15 bits per heavy atom. The van der Waals surface area contributed by atoms with E-state index < -0.39 is 0 Å². The van der Waals surface area contributed by atoms with Crippen molar-refractivity contribution in [3.8, 4) is 0 Å². The molecule has 78 valence electrons. The summed E-state index contributed by atoms with van der Waals surface area (Å²) in [5.74, 6) is 0.927. The average Bonchev–Trinajstić information content (AvgIpc) is 2.02. The number of hydrogen-bond donors (Lipinski definition) is 0. The number of rotatable bonds is 5. The van der Waals surface area contributed by atoms with Gasteiger partial charge in [0.05, 0.1) is 12.5 Å². The van der Waals surface area contributed by atoms with E-state index in [1.54, 1.807) is 0 Å². The Morgan fingerprint density at radius 3 is 2.08 bits per heavy atom. The van der Waals surface area contributed by atoms with E-state index in [9.17, 15) is 4.79 Å². The highest BCUT2D eigenvalue weighted by atomic mass is 16.5. The van der Waals surface area contributed by atoms with Gasteiger partial charge in [0.1, 0.15) is 0 Å². The zero-order valence-electron chi connectivity index (χ0n) is 9.46. The second kappa shape index (κ2) is 6.01. The van der Waals surface area contributed by atoms with Crippen molar-refractivity contribution >= 4 is 5.97 Å². The van der Waals surface area contributed by atoms with Gasteiger partial charge in [-0.15, -0.1) is 0 Å². The quantitative estimate of drug-likeness (QED) is 0.617. The summed E-state index contributed by atoms with van der Waals surface area (Å²) in [6, 6.07) is 0. The third kappa shape index (κ3) is 5.67. The van der Waals surface area contributed by atoms with E-state index >= 15 is 0 Å². The molecule has 0 aromatic heterocycles. The zero-order valence-corrected chi connectivity index (χ0v) is 9.46. The summed E-state index contributed by atoms with van der Waals surface area (Å²) in [4.78, 5) is 11.3. The first-order valence-corrected chi connectivity index (χ1v) is 5.11. The molecule has 0 aliphatic carbocycles. The van der Waals surface area contributed by atoms with Crippen molar-refractivity contribution in [1.29, 1.82) is 0 Å². The molecule has 0 rings (SSSR count). The van der Waals surface area contributed by atoms with Crippen LogP contribution in [0.15, 0.2) is 0 Å². The van der Waals surface area contributed by atoms with Gasteiger partial charge in [0.25, 0.3) is 0 Å². The van der Waals surface area contributed by atoms with Crippen molar-refractivity contribution < 1.29 is 9.53 Å². The molecule has 0 aromatic carbocycles. The summed E-state index contributed by atoms with van der Waals surface area (Å²) in [5, 5.41) is 0. The van der Waals surface area contributed by atoms with Gasteiger partial charge in [0.2, 0.25) is 0 Å². The Kier molecular flexibility index (Phi) is 5.76. The maximum absolute atomic E-state index is 11.3. The Morgan fingerprint density at radius 2 is 1.69 bits per heavy atom. The van der Waals surface area contributed by atoms with Gasteiger partial charge in [-0.25, -0.2) is 0 Å². The van der Waals surface area contributed by atoms with Gasteiger partial charge >= 0.3 is 5.97 Å². The largest absolute Gasteiger partial charge is 0.465 e. The molecular formula is C11H22O2. The Balaban J connectivity index is 3.62. The monoisotopic (exact) mass is 186 g/mol. The van der Waals surface area contributed by atoms with Crippen LogP contribution in [0.25, 0.3) is 0 Å². The fourth-order valence-corrected chi connectivity index (χ4v) is 0.799. The van der Waals surface area contributed by atoms with Gasteiger partial charge in [-0.3, -0.25) is 4.79 Å². The molecule has 1 unspecified atom stereocenters.